The molecule has 2 rings (SSSR count). The Bertz CT molecular complexity index is 327. The predicted molar refractivity (Wildman–Crippen MR) is 51.9 cm³/mol. The molecule has 70 valence electrons. The highest BCUT2D eigenvalue weighted by molar-refractivity contribution is 6.31. The molecule has 13 heavy (non-hydrogen) atoms. The maximum atomic E-state index is 9.69. The van der Waals surface area contributed by atoms with Crippen LogP contribution in [0.2, 0.25) is 5.02 Å². The van der Waals surface area contributed by atoms with E-state index in [1.807, 2.05) is 0 Å². The Morgan fingerprint density at radius 3 is 3.15 bits per heavy atom. The fourth-order valence-electron chi connectivity index (χ4n) is 2.00. The lowest BCUT2D eigenvalue weighted by Gasteiger charge is -2.08. The third-order valence-corrected chi connectivity index (χ3v) is 3.02. The number of rotatable bonds is 1. The van der Waals surface area contributed by atoms with Crippen LogP contribution < -0.4 is 0 Å². The van der Waals surface area contributed by atoms with E-state index in [1.165, 1.54) is 0 Å². The number of aliphatic hydroxyl groups is 1. The second-order valence-corrected chi connectivity index (χ2v) is 3.86. The van der Waals surface area contributed by atoms with Crippen molar-refractivity contribution in [2.24, 2.45) is 0 Å². The van der Waals surface area contributed by atoms with Crippen LogP contribution in [-0.4, -0.2) is 10.1 Å². The number of hydrogen-bond acceptors (Lipinski definition) is 2. The molecule has 1 N–H and O–H groups in total. The van der Waals surface area contributed by atoms with Crippen molar-refractivity contribution >= 4 is 11.6 Å². The summed E-state index contributed by atoms with van der Waals surface area (Å²) < 4.78 is 0. The van der Waals surface area contributed by atoms with Gasteiger partial charge in [-0.2, -0.15) is 0 Å². The molecule has 0 aromatic carbocycles. The normalized spacial score (nSPS) is 26.1. The van der Waals surface area contributed by atoms with Crippen molar-refractivity contribution in [3.05, 3.63) is 28.5 Å². The number of halogens is 1. The van der Waals surface area contributed by atoms with Crippen molar-refractivity contribution in [1.29, 1.82) is 0 Å². The molecule has 1 heterocycles. The van der Waals surface area contributed by atoms with Gasteiger partial charge in [-0.25, -0.2) is 0 Å². The molecule has 0 bridgehead atoms. The van der Waals surface area contributed by atoms with Crippen LogP contribution in [0.3, 0.4) is 0 Å². The minimum Gasteiger partial charge on any atom is -0.387 e. The van der Waals surface area contributed by atoms with Gasteiger partial charge in [0.15, 0.2) is 0 Å². The van der Waals surface area contributed by atoms with Gasteiger partial charge < -0.3 is 5.11 Å². The second-order valence-electron chi connectivity index (χ2n) is 3.45. The fourth-order valence-corrected chi connectivity index (χ4v) is 2.31. The van der Waals surface area contributed by atoms with Crippen LogP contribution >= 0.6 is 11.6 Å². The molecule has 0 saturated carbocycles. The molecule has 1 aliphatic carbocycles. The highest BCUT2D eigenvalue weighted by atomic mass is 35.5. The molecule has 2 unspecified atom stereocenters. The predicted octanol–water partition coefficient (Wildman–Crippen LogP) is 2.67. The number of aliphatic hydroxyl groups excluding tert-OH is 1. The van der Waals surface area contributed by atoms with Crippen LogP contribution in [0.25, 0.3) is 0 Å². The molecule has 0 amide bonds. The van der Waals surface area contributed by atoms with Gasteiger partial charge in [0.25, 0.3) is 0 Å². The van der Waals surface area contributed by atoms with E-state index in [9.17, 15) is 5.11 Å². The first-order valence-electron chi connectivity index (χ1n) is 4.56. The minimum absolute atomic E-state index is 0.381. The lowest BCUT2D eigenvalue weighted by molar-refractivity contribution is 0.168. The zero-order chi connectivity index (χ0) is 9.42. The summed E-state index contributed by atoms with van der Waals surface area (Å²) in [7, 11) is 0. The first kappa shape index (κ1) is 8.97. The number of fused-ring (bicyclic) bond motifs is 1. The van der Waals surface area contributed by atoms with Gasteiger partial charge in [-0.1, -0.05) is 18.5 Å². The molecule has 2 atom stereocenters. The highest BCUT2D eigenvalue weighted by Gasteiger charge is 2.31. The molecule has 0 spiro atoms. The first-order valence-corrected chi connectivity index (χ1v) is 4.94. The Labute approximate surface area is 82.6 Å². The average molecular weight is 198 g/mol. The van der Waals surface area contributed by atoms with Gasteiger partial charge in [0.2, 0.25) is 0 Å². The van der Waals surface area contributed by atoms with E-state index in [0.717, 1.165) is 29.1 Å². The summed E-state index contributed by atoms with van der Waals surface area (Å²) in [6.45, 7) is 2.11. The van der Waals surface area contributed by atoms with E-state index < -0.39 is 6.10 Å². The summed E-state index contributed by atoms with van der Waals surface area (Å²) in [5.74, 6) is 0.381. The Morgan fingerprint density at radius 1 is 1.69 bits per heavy atom. The number of hydrogen-bond donors (Lipinski definition) is 1. The summed E-state index contributed by atoms with van der Waals surface area (Å²) in [6, 6.07) is 1.79. The zero-order valence-electron chi connectivity index (χ0n) is 7.50. The van der Waals surface area contributed by atoms with Gasteiger partial charge in [0.05, 0.1) is 11.8 Å². The van der Waals surface area contributed by atoms with E-state index in [2.05, 4.69) is 11.9 Å². The van der Waals surface area contributed by atoms with E-state index in [4.69, 9.17) is 11.6 Å². The molecule has 3 heteroatoms. The molecular weight excluding hydrogens is 186 g/mol. The van der Waals surface area contributed by atoms with Crippen molar-refractivity contribution in [2.45, 2.75) is 31.8 Å². The summed E-state index contributed by atoms with van der Waals surface area (Å²) >= 11 is 6.06. The number of aromatic nitrogens is 1. The lowest BCUT2D eigenvalue weighted by atomic mass is 10.0. The Kier molecular flexibility index (Phi) is 2.26. The van der Waals surface area contributed by atoms with Crippen molar-refractivity contribution < 1.29 is 5.11 Å². The van der Waals surface area contributed by atoms with Crippen LogP contribution in [0.15, 0.2) is 12.3 Å². The van der Waals surface area contributed by atoms with Gasteiger partial charge in [-0.15, -0.1) is 0 Å². The molecule has 1 aliphatic rings. The van der Waals surface area contributed by atoms with Gasteiger partial charge in [-0.05, 0) is 30.4 Å². The molecule has 2 nitrogen and oxygen atoms in total. The van der Waals surface area contributed by atoms with E-state index >= 15 is 0 Å². The molecule has 0 radical (unpaired) electrons. The van der Waals surface area contributed by atoms with Crippen LogP contribution in [0, 0.1) is 0 Å². The van der Waals surface area contributed by atoms with Crippen molar-refractivity contribution in [3.63, 3.8) is 0 Å². The summed E-state index contributed by atoms with van der Waals surface area (Å²) in [4.78, 5) is 4.16. The van der Waals surface area contributed by atoms with E-state index in [1.54, 1.807) is 12.3 Å². The van der Waals surface area contributed by atoms with Gasteiger partial charge in [0.1, 0.15) is 0 Å². The monoisotopic (exact) mass is 197 g/mol. The lowest BCUT2D eigenvalue weighted by Crippen LogP contribution is -1.94. The van der Waals surface area contributed by atoms with Crippen molar-refractivity contribution in [1.82, 2.24) is 4.98 Å². The number of nitrogens with zero attached hydrogens (tertiary/aromatic N) is 1. The van der Waals surface area contributed by atoms with E-state index in [-0.39, 0.29) is 0 Å². The molecular formula is C10H12ClNO. The van der Waals surface area contributed by atoms with Crippen LogP contribution in [0.5, 0.6) is 0 Å². The zero-order valence-corrected chi connectivity index (χ0v) is 8.25. The molecule has 0 saturated heterocycles. The minimum atomic E-state index is -0.418. The fraction of sp³-hybridized carbons (Fsp3) is 0.500. The molecule has 1 aromatic heterocycles. The van der Waals surface area contributed by atoms with Crippen LogP contribution in [0.1, 0.15) is 43.0 Å². The quantitative estimate of drug-likeness (QED) is 0.751. The number of pyridine rings is 1. The Morgan fingerprint density at radius 2 is 2.46 bits per heavy atom. The Hall–Kier alpha value is -0.600. The smallest absolute Gasteiger partial charge is 0.0969 e. The maximum Gasteiger partial charge on any atom is 0.0969 e. The topological polar surface area (TPSA) is 33.1 Å². The summed E-state index contributed by atoms with van der Waals surface area (Å²) in [5.41, 5.74) is 1.83. The molecule has 0 aliphatic heterocycles. The van der Waals surface area contributed by atoms with E-state index in [0.29, 0.717) is 5.92 Å². The van der Waals surface area contributed by atoms with Gasteiger partial charge >= 0.3 is 0 Å². The SMILES string of the molecule is CCC1CC(O)c2nccc(Cl)c21. The highest BCUT2D eigenvalue weighted by Crippen LogP contribution is 2.43. The summed E-state index contributed by atoms with van der Waals surface area (Å²) in [6.07, 6.45) is 3.01. The average Bonchev–Trinajstić information content (AvgIpc) is 2.45. The molecule has 1 aromatic rings. The van der Waals surface area contributed by atoms with Gasteiger partial charge in [0, 0.05) is 11.2 Å². The second kappa shape index (κ2) is 3.28. The standard InChI is InChI=1S/C10H12ClNO/c1-2-6-5-8(13)10-9(6)7(11)3-4-12-10/h3-4,6,8,13H,2,5H2,1H3. The van der Waals surface area contributed by atoms with Gasteiger partial charge in [-0.3, -0.25) is 4.98 Å². The van der Waals surface area contributed by atoms with Crippen molar-refractivity contribution in [2.75, 3.05) is 0 Å². The molecule has 0 fully saturated rings. The first-order chi connectivity index (χ1) is 6.24. The largest absolute Gasteiger partial charge is 0.387 e. The van der Waals surface area contributed by atoms with Crippen molar-refractivity contribution in [3.8, 4) is 0 Å². The maximum absolute atomic E-state index is 9.69. The third kappa shape index (κ3) is 1.34. The third-order valence-electron chi connectivity index (χ3n) is 2.69. The van der Waals surface area contributed by atoms with Crippen LogP contribution in [-0.2, 0) is 0 Å². The Balaban J connectivity index is 2.52. The summed E-state index contributed by atoms with van der Waals surface area (Å²) in [5, 5.41) is 10.4. The van der Waals surface area contributed by atoms with Crippen LogP contribution in [0.4, 0.5) is 0 Å².